The Morgan fingerprint density at radius 3 is 2.14 bits per heavy atom. The van der Waals surface area contributed by atoms with Crippen LogP contribution in [0.4, 0.5) is 4.79 Å². The molecule has 0 radical (unpaired) electrons. The number of hydrogen-bond donors (Lipinski definition) is 5. The van der Waals surface area contributed by atoms with Gasteiger partial charge in [0.25, 0.3) is 0 Å². The van der Waals surface area contributed by atoms with E-state index in [1.165, 1.54) is 4.90 Å². The van der Waals surface area contributed by atoms with Crippen molar-refractivity contribution in [3.8, 4) is 0 Å². The summed E-state index contributed by atoms with van der Waals surface area (Å²) in [5.74, 6) is -3.02. The van der Waals surface area contributed by atoms with Gasteiger partial charge >= 0.3 is 12.1 Å². The number of Topliss-reactive ketones (excluding diaryl/α,β-unsaturated/α-hetero) is 1. The van der Waals surface area contributed by atoms with Gasteiger partial charge in [0.1, 0.15) is 29.8 Å². The highest BCUT2D eigenvalue weighted by molar-refractivity contribution is 7.80. The maximum absolute atomic E-state index is 13.4. The molecule has 1 fully saturated rings. The van der Waals surface area contributed by atoms with Crippen molar-refractivity contribution in [3.63, 3.8) is 0 Å². The number of esters is 1. The number of thiol groups is 2. The Morgan fingerprint density at radius 1 is 0.932 bits per heavy atom. The predicted octanol–water partition coefficient (Wildman–Crippen LogP) is 2.17. The van der Waals surface area contributed by atoms with Gasteiger partial charge in [-0.15, -0.1) is 0 Å². The number of ether oxygens (including phenoxy) is 2. The quantitative estimate of drug-likeness (QED) is 0.116. The van der Waals surface area contributed by atoms with Crippen molar-refractivity contribution in [3.05, 3.63) is 35.9 Å². The highest BCUT2D eigenvalue weighted by Crippen LogP contribution is 2.20. The molecule has 4 amide bonds. The van der Waals surface area contributed by atoms with E-state index >= 15 is 0 Å². The maximum atomic E-state index is 13.4. The summed E-state index contributed by atoms with van der Waals surface area (Å²) < 4.78 is 10.4. The largest absolute Gasteiger partial charge is 0.456 e. The number of carbonyl (C=O) groups excluding carboxylic acids is 6. The molecule has 1 aromatic carbocycles. The summed E-state index contributed by atoms with van der Waals surface area (Å²) in [4.78, 5) is 78.6. The van der Waals surface area contributed by atoms with Crippen molar-refractivity contribution in [2.75, 3.05) is 24.7 Å². The van der Waals surface area contributed by atoms with Gasteiger partial charge in [0, 0.05) is 23.6 Å². The van der Waals surface area contributed by atoms with Crippen LogP contribution in [0.3, 0.4) is 0 Å². The fourth-order valence-corrected chi connectivity index (χ4v) is 4.99. The van der Waals surface area contributed by atoms with E-state index in [4.69, 9.17) is 9.47 Å². The van der Waals surface area contributed by atoms with Gasteiger partial charge < -0.3 is 30.3 Å². The van der Waals surface area contributed by atoms with E-state index in [1.54, 1.807) is 51.1 Å². The monoisotopic (exact) mass is 652 g/mol. The van der Waals surface area contributed by atoms with E-state index in [9.17, 15) is 28.8 Å². The van der Waals surface area contributed by atoms with Crippen LogP contribution in [-0.2, 0) is 28.7 Å². The average molecular weight is 653 g/mol. The molecule has 0 unspecified atom stereocenters. The highest BCUT2D eigenvalue weighted by atomic mass is 32.1. The van der Waals surface area contributed by atoms with Crippen LogP contribution in [0.5, 0.6) is 0 Å². The summed E-state index contributed by atoms with van der Waals surface area (Å²) in [6.45, 7) is 8.62. The molecule has 44 heavy (non-hydrogen) atoms. The van der Waals surface area contributed by atoms with Crippen molar-refractivity contribution in [2.45, 2.75) is 83.6 Å². The van der Waals surface area contributed by atoms with E-state index in [0.29, 0.717) is 18.4 Å². The molecular weight excluding hydrogens is 608 g/mol. The summed E-state index contributed by atoms with van der Waals surface area (Å²) >= 11 is 8.36. The van der Waals surface area contributed by atoms with Gasteiger partial charge in [-0.2, -0.15) is 25.3 Å². The number of ketones is 1. The zero-order valence-corrected chi connectivity index (χ0v) is 27.6. The number of benzene rings is 1. The van der Waals surface area contributed by atoms with Gasteiger partial charge in [-0.05, 0) is 46.0 Å². The number of rotatable bonds is 14. The average Bonchev–Trinajstić information content (AvgIpc) is 3.46. The van der Waals surface area contributed by atoms with Gasteiger partial charge in [-0.3, -0.25) is 19.2 Å². The molecule has 1 aliphatic heterocycles. The Hall–Kier alpha value is -3.26. The van der Waals surface area contributed by atoms with Crippen molar-refractivity contribution in [1.29, 1.82) is 0 Å². The smallest absolute Gasteiger partial charge is 0.408 e. The lowest BCUT2D eigenvalue weighted by atomic mass is 10.0. The fraction of sp³-hybridized carbons (Fsp3) is 0.600. The van der Waals surface area contributed by atoms with Gasteiger partial charge in [0.05, 0.1) is 0 Å². The second-order valence-corrected chi connectivity index (χ2v) is 12.6. The molecular formula is C30H44N4O8S2. The summed E-state index contributed by atoms with van der Waals surface area (Å²) in [7, 11) is 0. The molecule has 4 atom stereocenters. The second kappa shape index (κ2) is 17.3. The van der Waals surface area contributed by atoms with Gasteiger partial charge in [0.15, 0.2) is 12.4 Å². The van der Waals surface area contributed by atoms with Crippen LogP contribution in [0.1, 0.15) is 64.2 Å². The molecule has 244 valence electrons. The standard InChI is InChI=1S/C30H44N4O8S2/c1-18(2)14-20(25(36)32-22(17-44)28(39)41-15-24(35)19-10-7-6-8-11-19)31-26(37)23-12-9-13-34(23)27(38)21(16-43)33-29(40)42-30(3,4)5/h6-8,10-11,18,20-23,43-44H,9,12-17H2,1-5H3,(H,31,37)(H,32,36)(H,33,40)/t20-,21-,22-,23-/m0/s1. The first-order valence-corrected chi connectivity index (χ1v) is 15.8. The lowest BCUT2D eigenvalue weighted by Crippen LogP contribution is -2.58. The topological polar surface area (TPSA) is 160 Å². The fourth-order valence-electron chi connectivity index (χ4n) is 4.51. The minimum Gasteiger partial charge on any atom is -0.456 e. The first kappa shape index (κ1) is 36.9. The molecule has 14 heteroatoms. The van der Waals surface area contributed by atoms with Crippen molar-refractivity contribution in [2.24, 2.45) is 5.92 Å². The van der Waals surface area contributed by atoms with Crippen LogP contribution >= 0.6 is 25.3 Å². The summed E-state index contributed by atoms with van der Waals surface area (Å²) in [5.41, 5.74) is -0.384. The molecule has 0 aromatic heterocycles. The number of amides is 4. The lowest BCUT2D eigenvalue weighted by molar-refractivity contribution is -0.146. The van der Waals surface area contributed by atoms with E-state index in [1.807, 2.05) is 13.8 Å². The second-order valence-electron chi connectivity index (χ2n) is 11.9. The van der Waals surface area contributed by atoms with Crippen molar-refractivity contribution in [1.82, 2.24) is 20.9 Å². The van der Waals surface area contributed by atoms with Crippen molar-refractivity contribution >= 4 is 60.8 Å². The predicted molar refractivity (Wildman–Crippen MR) is 171 cm³/mol. The summed E-state index contributed by atoms with van der Waals surface area (Å²) in [5, 5.41) is 7.81. The molecule has 0 saturated carbocycles. The molecule has 2 rings (SSSR count). The Morgan fingerprint density at radius 2 is 1.57 bits per heavy atom. The number of likely N-dealkylation sites (tertiary alicyclic amines) is 1. The maximum Gasteiger partial charge on any atom is 0.408 e. The summed E-state index contributed by atoms with van der Waals surface area (Å²) in [6, 6.07) is 4.25. The third-order valence-corrected chi connectivity index (χ3v) is 7.31. The van der Waals surface area contributed by atoms with Gasteiger partial charge in [0.2, 0.25) is 17.7 Å². The molecule has 0 aliphatic carbocycles. The number of nitrogens with one attached hydrogen (secondary N) is 3. The first-order chi connectivity index (χ1) is 20.7. The van der Waals surface area contributed by atoms with E-state index in [2.05, 4.69) is 41.2 Å². The van der Waals surface area contributed by atoms with E-state index < -0.39 is 71.9 Å². The Balaban J connectivity index is 2.05. The SMILES string of the molecule is CC(C)C[C@H](NC(=O)[C@@H]1CCCN1C(=O)[C@H](CS)NC(=O)OC(C)(C)C)C(=O)N[C@@H](CS)C(=O)OCC(=O)c1ccccc1. The van der Waals surface area contributed by atoms with Crippen LogP contribution in [0, 0.1) is 5.92 Å². The Labute approximate surface area is 269 Å². The Kier molecular flexibility index (Phi) is 14.5. The minimum absolute atomic E-state index is 0.0103. The molecule has 0 bridgehead atoms. The minimum atomic E-state index is -1.17. The van der Waals surface area contributed by atoms with Crippen LogP contribution in [0.25, 0.3) is 0 Å². The Bertz CT molecular complexity index is 1180. The molecule has 1 saturated heterocycles. The van der Waals surface area contributed by atoms with Crippen LogP contribution < -0.4 is 16.0 Å². The third-order valence-electron chi connectivity index (χ3n) is 6.58. The number of alkyl carbamates (subject to hydrolysis) is 1. The lowest BCUT2D eigenvalue weighted by Gasteiger charge is -2.30. The van der Waals surface area contributed by atoms with Crippen molar-refractivity contribution < 1.29 is 38.2 Å². The first-order valence-electron chi connectivity index (χ1n) is 14.5. The number of nitrogens with zero attached hydrogens (tertiary/aromatic N) is 1. The highest BCUT2D eigenvalue weighted by Gasteiger charge is 2.39. The normalized spacial score (nSPS) is 16.8. The van der Waals surface area contributed by atoms with Gasteiger partial charge in [-0.1, -0.05) is 44.2 Å². The molecule has 3 N–H and O–H groups in total. The zero-order valence-electron chi connectivity index (χ0n) is 25.8. The van der Waals surface area contributed by atoms with Gasteiger partial charge in [-0.25, -0.2) is 9.59 Å². The number of hydrogen-bond acceptors (Lipinski definition) is 10. The molecule has 1 aliphatic rings. The van der Waals surface area contributed by atoms with Crippen LogP contribution in [0.15, 0.2) is 30.3 Å². The number of carbonyl (C=O) groups is 6. The molecule has 1 heterocycles. The molecule has 1 aromatic rings. The zero-order chi connectivity index (χ0) is 33.0. The summed E-state index contributed by atoms with van der Waals surface area (Å²) in [6.07, 6.45) is 0.380. The molecule has 0 spiro atoms. The van der Waals surface area contributed by atoms with E-state index in [-0.39, 0.29) is 30.4 Å². The van der Waals surface area contributed by atoms with E-state index in [0.717, 1.165) is 0 Å². The van der Waals surface area contributed by atoms with Crippen LogP contribution in [-0.4, -0.2) is 94.9 Å². The van der Waals surface area contributed by atoms with Crippen LogP contribution in [0.2, 0.25) is 0 Å². The third kappa shape index (κ3) is 11.7. The molecule has 12 nitrogen and oxygen atoms in total.